The van der Waals surface area contributed by atoms with Crippen molar-refractivity contribution < 1.29 is 24.4 Å². The van der Waals surface area contributed by atoms with Crippen LogP contribution in [0.4, 0.5) is 0 Å². The number of phenolic OH excluding ortho intramolecular Hbond substituents is 1. The summed E-state index contributed by atoms with van der Waals surface area (Å²) in [7, 11) is 1.43. The first-order valence-corrected chi connectivity index (χ1v) is 12.2. The van der Waals surface area contributed by atoms with E-state index in [0.717, 1.165) is 0 Å². The van der Waals surface area contributed by atoms with Crippen molar-refractivity contribution in [3.63, 3.8) is 0 Å². The molecule has 0 unspecified atom stereocenters. The van der Waals surface area contributed by atoms with Gasteiger partial charge in [-0.1, -0.05) is 63.4 Å². The Kier molecular flexibility index (Phi) is 13.1. The smallest absolute Gasteiger partial charge is 0.263 e. The zero-order valence-electron chi connectivity index (χ0n) is 22.1. The lowest BCUT2D eigenvalue weighted by molar-refractivity contribution is 0.131. The monoisotopic (exact) mass is 529 g/mol. The van der Waals surface area contributed by atoms with Gasteiger partial charge in [0.05, 0.1) is 30.5 Å². The number of aromatic amines is 1. The van der Waals surface area contributed by atoms with E-state index in [2.05, 4.69) is 24.7 Å². The maximum atomic E-state index is 12.9. The van der Waals surface area contributed by atoms with Crippen LogP contribution in [-0.2, 0) is 16.1 Å². The summed E-state index contributed by atoms with van der Waals surface area (Å²) in [6, 6.07) is 4.66. The Balaban J connectivity index is 0.00000334. The molecule has 0 saturated carbocycles. The fourth-order valence-corrected chi connectivity index (χ4v) is 3.35. The van der Waals surface area contributed by atoms with Crippen LogP contribution in [0.25, 0.3) is 16.9 Å². The van der Waals surface area contributed by atoms with Gasteiger partial charge in [-0.2, -0.15) is 0 Å². The lowest BCUT2D eigenvalue weighted by Gasteiger charge is -2.19. The highest BCUT2D eigenvalue weighted by molar-refractivity contribution is 6.31. The highest BCUT2D eigenvalue weighted by Crippen LogP contribution is 2.45. The fraction of sp³-hybridized carbons (Fsp3) is 0.276. The predicted octanol–water partition coefficient (Wildman–Crippen LogP) is 7.17. The van der Waals surface area contributed by atoms with Gasteiger partial charge in [0, 0.05) is 18.1 Å². The van der Waals surface area contributed by atoms with Crippen molar-refractivity contribution in [2.45, 2.75) is 40.7 Å². The first kappa shape index (κ1) is 31.4. The molecule has 0 aliphatic rings. The van der Waals surface area contributed by atoms with E-state index in [-0.39, 0.29) is 58.4 Å². The summed E-state index contributed by atoms with van der Waals surface area (Å²) in [6.45, 7) is 19.5. The molecule has 0 aliphatic heterocycles. The van der Waals surface area contributed by atoms with Gasteiger partial charge < -0.3 is 29.4 Å². The van der Waals surface area contributed by atoms with Crippen LogP contribution >= 0.6 is 11.6 Å². The highest BCUT2D eigenvalue weighted by Gasteiger charge is 2.26. The fourth-order valence-electron chi connectivity index (χ4n) is 3.29. The molecular weight excluding hydrogens is 494 g/mol. The number of methoxy groups -OCH3 is 1. The number of nitrogens with one attached hydrogen (secondary N) is 1. The summed E-state index contributed by atoms with van der Waals surface area (Å²) >= 11 is 5.95. The first-order valence-electron chi connectivity index (χ1n) is 11.8. The van der Waals surface area contributed by atoms with Crippen LogP contribution in [-0.4, -0.2) is 28.9 Å². The van der Waals surface area contributed by atoms with Crippen LogP contribution in [0.5, 0.6) is 17.2 Å². The number of aromatic nitrogens is 1. The molecule has 1 heterocycles. The van der Waals surface area contributed by atoms with Gasteiger partial charge in [0.1, 0.15) is 34.3 Å². The third-order valence-corrected chi connectivity index (χ3v) is 5.26. The van der Waals surface area contributed by atoms with Gasteiger partial charge in [0.2, 0.25) is 0 Å². The molecule has 2 aromatic rings. The topological polar surface area (TPSA) is 101 Å². The lowest BCUT2D eigenvalue weighted by Crippen LogP contribution is -2.17. The van der Waals surface area contributed by atoms with Gasteiger partial charge >= 0.3 is 0 Å². The minimum absolute atomic E-state index is 0.0205. The molecular formula is C29H36ClNO6. The second-order valence-corrected chi connectivity index (χ2v) is 7.87. The molecule has 200 valence electrons. The van der Waals surface area contributed by atoms with E-state index >= 15 is 0 Å². The number of allylic oxidation sites excluding steroid dienone is 5. The van der Waals surface area contributed by atoms with Crippen molar-refractivity contribution in [3.8, 4) is 28.4 Å². The molecule has 0 radical (unpaired) electrons. The third-order valence-electron chi connectivity index (χ3n) is 4.92. The van der Waals surface area contributed by atoms with E-state index in [4.69, 9.17) is 25.8 Å². The molecule has 2 rings (SSSR count). The minimum atomic E-state index is -0.647. The Morgan fingerprint density at radius 3 is 2.41 bits per heavy atom. The van der Waals surface area contributed by atoms with Crippen molar-refractivity contribution in [1.29, 1.82) is 0 Å². The number of halogens is 1. The third kappa shape index (κ3) is 8.44. The van der Waals surface area contributed by atoms with Crippen LogP contribution < -0.4 is 10.3 Å². The van der Waals surface area contributed by atoms with Gasteiger partial charge in [0.25, 0.3) is 5.56 Å². The molecule has 0 amide bonds. The average Bonchev–Trinajstić information content (AvgIpc) is 2.87. The Morgan fingerprint density at radius 2 is 1.81 bits per heavy atom. The Morgan fingerprint density at radius 1 is 1.14 bits per heavy atom. The van der Waals surface area contributed by atoms with E-state index in [0.29, 0.717) is 17.2 Å². The molecule has 0 fully saturated rings. The van der Waals surface area contributed by atoms with E-state index in [1.807, 2.05) is 20.8 Å². The van der Waals surface area contributed by atoms with E-state index < -0.39 is 11.3 Å². The van der Waals surface area contributed by atoms with Gasteiger partial charge in [0.15, 0.2) is 0 Å². The van der Waals surface area contributed by atoms with Crippen molar-refractivity contribution >= 4 is 17.4 Å². The number of ether oxygens (including phenoxy) is 3. The maximum absolute atomic E-state index is 12.9. The molecule has 3 N–H and O–H groups in total. The second kappa shape index (κ2) is 15.4. The standard InChI is InChI=1S/C27H30ClNO6.C2H6/c1-7-19(28)13-12-16(3)14-17(4)35-18(5)23-26(31)24(20(15-34-8-2)29-27(23)32)25-21(30)10-9-11-22(25)33-6;1-2/h7,9-13,30H,3-5,8,14-15H2,1-2,6H3,(H2,29,31,32);1-2H3/b13-12-,19-7+;. The second-order valence-electron chi connectivity index (χ2n) is 7.43. The van der Waals surface area contributed by atoms with E-state index in [9.17, 15) is 15.0 Å². The molecule has 1 aromatic carbocycles. The van der Waals surface area contributed by atoms with Crippen molar-refractivity contribution in [2.24, 2.45) is 0 Å². The van der Waals surface area contributed by atoms with Crippen molar-refractivity contribution in [3.05, 3.63) is 94.1 Å². The van der Waals surface area contributed by atoms with E-state index in [1.165, 1.54) is 13.2 Å². The summed E-state index contributed by atoms with van der Waals surface area (Å²) in [5.74, 6) is -0.195. The molecule has 8 heteroatoms. The van der Waals surface area contributed by atoms with Crippen LogP contribution in [0.2, 0.25) is 0 Å². The average molecular weight is 530 g/mol. The normalized spacial score (nSPS) is 11.0. The van der Waals surface area contributed by atoms with Crippen LogP contribution in [0, 0.1) is 0 Å². The number of pyridine rings is 1. The molecule has 37 heavy (non-hydrogen) atoms. The highest BCUT2D eigenvalue weighted by atomic mass is 35.5. The Bertz CT molecular complexity index is 1240. The maximum Gasteiger partial charge on any atom is 0.263 e. The molecule has 7 nitrogen and oxygen atoms in total. The van der Waals surface area contributed by atoms with Gasteiger partial charge in [-0.15, -0.1) is 0 Å². The predicted molar refractivity (Wildman–Crippen MR) is 151 cm³/mol. The summed E-state index contributed by atoms with van der Waals surface area (Å²) < 4.78 is 16.5. The molecule has 0 saturated heterocycles. The molecule has 0 atom stereocenters. The number of hydrogen-bond donors (Lipinski definition) is 3. The Hall–Kier alpha value is -3.68. The summed E-state index contributed by atoms with van der Waals surface area (Å²) in [5.41, 5.74) is 0.366. The summed E-state index contributed by atoms with van der Waals surface area (Å²) in [6.07, 6.45) is 5.38. The number of aromatic hydroxyl groups is 2. The number of rotatable bonds is 12. The largest absolute Gasteiger partial charge is 0.507 e. The number of phenols is 1. The number of H-pyrrole nitrogens is 1. The van der Waals surface area contributed by atoms with Crippen molar-refractivity contribution in [1.82, 2.24) is 4.98 Å². The summed E-state index contributed by atoms with van der Waals surface area (Å²) in [5, 5.41) is 22.4. The SMILES string of the molecule is C=C(/C=C\C(Cl)=C/C)CC(=C)OC(=C)c1c(O)c(-c2c(O)cccc2OC)c(COCC)[nH]c1=O.CC. The lowest BCUT2D eigenvalue weighted by atomic mass is 9.98. The molecule has 0 bridgehead atoms. The van der Waals surface area contributed by atoms with Crippen molar-refractivity contribution in [2.75, 3.05) is 13.7 Å². The van der Waals surface area contributed by atoms with Gasteiger partial charge in [-0.3, -0.25) is 4.79 Å². The van der Waals surface area contributed by atoms with Crippen LogP contribution in [0.1, 0.15) is 45.4 Å². The van der Waals surface area contributed by atoms with E-state index in [1.54, 1.807) is 37.3 Å². The zero-order chi connectivity index (χ0) is 28.1. The molecule has 0 aliphatic carbocycles. The first-order chi connectivity index (χ1) is 17.6. The van der Waals surface area contributed by atoms with Gasteiger partial charge in [-0.25, -0.2) is 0 Å². The van der Waals surface area contributed by atoms with Crippen LogP contribution in [0.15, 0.2) is 77.3 Å². The zero-order valence-corrected chi connectivity index (χ0v) is 22.9. The number of benzene rings is 1. The minimum Gasteiger partial charge on any atom is -0.507 e. The summed E-state index contributed by atoms with van der Waals surface area (Å²) in [4.78, 5) is 15.6. The quantitative estimate of drug-likeness (QED) is 0.199. The van der Waals surface area contributed by atoms with Gasteiger partial charge in [-0.05, 0) is 37.6 Å². The molecule has 0 spiro atoms. The Labute approximate surface area is 223 Å². The number of hydrogen-bond acceptors (Lipinski definition) is 6. The van der Waals surface area contributed by atoms with Crippen LogP contribution in [0.3, 0.4) is 0 Å². The molecule has 1 aromatic heterocycles.